The van der Waals surface area contributed by atoms with Gasteiger partial charge >= 0.3 is 5.97 Å². The molecule has 0 radical (unpaired) electrons. The second-order valence-electron chi connectivity index (χ2n) is 7.50. The largest absolute Gasteiger partial charge is 0.478 e. The maximum absolute atomic E-state index is 14.4. The summed E-state index contributed by atoms with van der Waals surface area (Å²) in [7, 11) is 0. The molecule has 3 heterocycles. The summed E-state index contributed by atoms with van der Waals surface area (Å²) < 4.78 is 14.4. The van der Waals surface area contributed by atoms with E-state index in [1.54, 1.807) is 30.0 Å². The van der Waals surface area contributed by atoms with Gasteiger partial charge in [0, 0.05) is 43.5 Å². The summed E-state index contributed by atoms with van der Waals surface area (Å²) in [5, 5.41) is 9.05. The average molecular weight is 438 g/mol. The first-order valence-corrected chi connectivity index (χ1v) is 9.88. The van der Waals surface area contributed by atoms with Gasteiger partial charge < -0.3 is 19.9 Å². The van der Waals surface area contributed by atoms with Crippen molar-refractivity contribution in [3.8, 4) is 0 Å². The van der Waals surface area contributed by atoms with Crippen LogP contribution in [0.3, 0.4) is 0 Å². The standard InChI is InChI=1S/C22H19FN4O5/c1-12-11-26(20(29)16-4-2-3-7-24-16)8-9-27(12)21(30)19(28)14-10-25-18-13(22(31)32)5-6-15(23)17(14)18/h2-7,10,12,25H,8-9,11H2,1H3,(H,31,32). The number of aromatic amines is 1. The van der Waals surface area contributed by atoms with E-state index in [4.69, 9.17) is 0 Å². The SMILES string of the molecule is CC1CN(C(=O)c2ccccn2)CCN1C(=O)C(=O)c1c[nH]c2c(C(=O)O)ccc(F)c12. The van der Waals surface area contributed by atoms with Crippen molar-refractivity contribution in [2.45, 2.75) is 13.0 Å². The fourth-order valence-corrected chi connectivity index (χ4v) is 3.90. The predicted molar refractivity (Wildman–Crippen MR) is 111 cm³/mol. The number of benzene rings is 1. The quantitative estimate of drug-likeness (QED) is 0.474. The van der Waals surface area contributed by atoms with Gasteiger partial charge in [-0.2, -0.15) is 0 Å². The predicted octanol–water partition coefficient (Wildman–Crippen LogP) is 1.96. The zero-order valence-electron chi connectivity index (χ0n) is 17.0. The number of aromatic nitrogens is 2. The van der Waals surface area contributed by atoms with Gasteiger partial charge in [0.1, 0.15) is 11.5 Å². The number of H-pyrrole nitrogens is 1. The molecule has 10 heteroatoms. The van der Waals surface area contributed by atoms with Gasteiger partial charge in [0.05, 0.1) is 16.6 Å². The Morgan fingerprint density at radius 3 is 2.56 bits per heavy atom. The lowest BCUT2D eigenvalue weighted by molar-refractivity contribution is -0.130. The van der Waals surface area contributed by atoms with Gasteiger partial charge in [-0.15, -0.1) is 0 Å². The number of pyridine rings is 1. The van der Waals surface area contributed by atoms with E-state index in [1.807, 2.05) is 0 Å². The molecule has 1 fully saturated rings. The van der Waals surface area contributed by atoms with E-state index < -0.39 is 29.5 Å². The molecule has 1 saturated heterocycles. The number of nitrogens with zero attached hydrogens (tertiary/aromatic N) is 3. The summed E-state index contributed by atoms with van der Waals surface area (Å²) in [4.78, 5) is 59.4. The van der Waals surface area contributed by atoms with Crippen LogP contribution in [0.5, 0.6) is 0 Å². The van der Waals surface area contributed by atoms with Gasteiger partial charge in [0.25, 0.3) is 17.6 Å². The molecular formula is C22H19FN4O5. The molecule has 1 unspecified atom stereocenters. The molecule has 32 heavy (non-hydrogen) atoms. The molecule has 2 N–H and O–H groups in total. The number of nitrogens with one attached hydrogen (secondary N) is 1. The van der Waals surface area contributed by atoms with Crippen LogP contribution in [0.25, 0.3) is 10.9 Å². The number of carboxylic acids is 1. The number of piperazine rings is 1. The van der Waals surface area contributed by atoms with E-state index in [0.29, 0.717) is 5.69 Å². The number of carboxylic acid groups (broad SMARTS) is 1. The highest BCUT2D eigenvalue weighted by Crippen LogP contribution is 2.26. The number of carbonyl (C=O) groups excluding carboxylic acids is 3. The Morgan fingerprint density at radius 2 is 1.91 bits per heavy atom. The normalized spacial score (nSPS) is 16.2. The molecule has 1 aliphatic heterocycles. The smallest absolute Gasteiger partial charge is 0.337 e. The minimum Gasteiger partial charge on any atom is -0.478 e. The minimum absolute atomic E-state index is 0.0625. The Balaban J connectivity index is 1.54. The first kappa shape index (κ1) is 21.2. The molecule has 4 rings (SSSR count). The fraction of sp³-hybridized carbons (Fsp3) is 0.227. The fourth-order valence-electron chi connectivity index (χ4n) is 3.90. The van der Waals surface area contributed by atoms with Crippen molar-refractivity contribution in [1.82, 2.24) is 19.8 Å². The molecule has 0 aliphatic carbocycles. The van der Waals surface area contributed by atoms with Crippen LogP contribution in [0, 0.1) is 5.82 Å². The van der Waals surface area contributed by atoms with Gasteiger partial charge in [-0.25, -0.2) is 9.18 Å². The third kappa shape index (κ3) is 3.59. The first-order valence-electron chi connectivity index (χ1n) is 9.88. The number of amides is 2. The van der Waals surface area contributed by atoms with Crippen molar-refractivity contribution < 1.29 is 28.7 Å². The first-order chi connectivity index (χ1) is 15.3. The Kier molecular flexibility index (Phi) is 5.43. The van der Waals surface area contributed by atoms with Crippen molar-refractivity contribution >= 4 is 34.5 Å². The van der Waals surface area contributed by atoms with Gasteiger partial charge in [0.2, 0.25) is 0 Å². The number of hydrogen-bond donors (Lipinski definition) is 2. The number of halogens is 1. The van der Waals surface area contributed by atoms with Crippen molar-refractivity contribution in [3.05, 3.63) is 65.4 Å². The number of Topliss-reactive ketones (excluding diaryl/α,β-unsaturated/α-hetero) is 1. The number of rotatable bonds is 4. The third-order valence-corrected chi connectivity index (χ3v) is 5.51. The lowest BCUT2D eigenvalue weighted by Crippen LogP contribution is -2.56. The summed E-state index contributed by atoms with van der Waals surface area (Å²) >= 11 is 0. The third-order valence-electron chi connectivity index (χ3n) is 5.51. The molecule has 1 aromatic carbocycles. The maximum atomic E-state index is 14.4. The van der Waals surface area contributed by atoms with Crippen LogP contribution in [0.15, 0.2) is 42.7 Å². The Hall–Kier alpha value is -4.08. The minimum atomic E-state index is -1.29. The highest BCUT2D eigenvalue weighted by Gasteiger charge is 2.35. The number of carbonyl (C=O) groups is 4. The zero-order valence-corrected chi connectivity index (χ0v) is 17.0. The molecule has 0 bridgehead atoms. The summed E-state index contributed by atoms with van der Waals surface area (Å²) in [6.07, 6.45) is 2.66. The van der Waals surface area contributed by atoms with Crippen molar-refractivity contribution in [2.24, 2.45) is 0 Å². The van der Waals surface area contributed by atoms with E-state index in [2.05, 4.69) is 9.97 Å². The van der Waals surface area contributed by atoms with Crippen molar-refractivity contribution in [3.63, 3.8) is 0 Å². The zero-order chi connectivity index (χ0) is 23.0. The van der Waals surface area contributed by atoms with Crippen molar-refractivity contribution in [2.75, 3.05) is 19.6 Å². The number of fused-ring (bicyclic) bond motifs is 1. The van der Waals surface area contributed by atoms with Gasteiger partial charge in [-0.3, -0.25) is 19.4 Å². The van der Waals surface area contributed by atoms with Crippen LogP contribution in [0.1, 0.15) is 38.1 Å². The lowest BCUT2D eigenvalue weighted by atomic mass is 10.0. The second kappa shape index (κ2) is 8.22. The summed E-state index contributed by atoms with van der Waals surface area (Å²) in [6.45, 7) is 2.25. The molecule has 2 aromatic heterocycles. The van der Waals surface area contributed by atoms with Crippen LogP contribution in [0.4, 0.5) is 4.39 Å². The van der Waals surface area contributed by atoms with Crippen LogP contribution >= 0.6 is 0 Å². The van der Waals surface area contributed by atoms with Crippen LogP contribution in [-0.2, 0) is 4.79 Å². The molecule has 1 aliphatic rings. The highest BCUT2D eigenvalue weighted by molar-refractivity contribution is 6.45. The Labute approximate surface area is 181 Å². The molecule has 3 aromatic rings. The molecular weight excluding hydrogens is 419 g/mol. The van der Waals surface area contributed by atoms with Gasteiger partial charge in [0.15, 0.2) is 0 Å². The summed E-state index contributed by atoms with van der Waals surface area (Å²) in [6, 6.07) is 6.59. The highest BCUT2D eigenvalue weighted by atomic mass is 19.1. The molecule has 0 spiro atoms. The molecule has 0 saturated carbocycles. The summed E-state index contributed by atoms with van der Waals surface area (Å²) in [5.41, 5.74) is -0.209. The summed E-state index contributed by atoms with van der Waals surface area (Å²) in [5.74, 6) is -4.15. The lowest BCUT2D eigenvalue weighted by Gasteiger charge is -2.39. The van der Waals surface area contributed by atoms with Crippen LogP contribution in [-0.4, -0.2) is 74.1 Å². The molecule has 1 atom stereocenters. The maximum Gasteiger partial charge on any atom is 0.337 e. The molecule has 9 nitrogen and oxygen atoms in total. The molecule has 2 amide bonds. The van der Waals surface area contributed by atoms with E-state index in [-0.39, 0.29) is 47.6 Å². The number of ketones is 1. The van der Waals surface area contributed by atoms with E-state index >= 15 is 0 Å². The Bertz CT molecular complexity index is 1240. The topological polar surface area (TPSA) is 124 Å². The van der Waals surface area contributed by atoms with E-state index in [1.165, 1.54) is 11.1 Å². The average Bonchev–Trinajstić information content (AvgIpc) is 3.24. The van der Waals surface area contributed by atoms with E-state index in [0.717, 1.165) is 18.3 Å². The Morgan fingerprint density at radius 1 is 1.12 bits per heavy atom. The monoisotopic (exact) mass is 438 g/mol. The van der Waals surface area contributed by atoms with E-state index in [9.17, 15) is 28.7 Å². The van der Waals surface area contributed by atoms with Gasteiger partial charge in [-0.1, -0.05) is 6.07 Å². The van der Waals surface area contributed by atoms with Gasteiger partial charge in [-0.05, 0) is 31.2 Å². The second-order valence-corrected chi connectivity index (χ2v) is 7.50. The van der Waals surface area contributed by atoms with Crippen LogP contribution in [0.2, 0.25) is 0 Å². The van der Waals surface area contributed by atoms with Crippen LogP contribution < -0.4 is 0 Å². The number of aromatic carboxylic acids is 1. The number of hydrogen-bond acceptors (Lipinski definition) is 5. The molecule has 164 valence electrons. The van der Waals surface area contributed by atoms with Crippen molar-refractivity contribution in [1.29, 1.82) is 0 Å².